The fraction of sp³-hybridized carbons (Fsp3) is 0.407. The molecule has 0 saturated carbocycles. The van der Waals surface area contributed by atoms with Gasteiger partial charge >= 0.3 is 0 Å². The van der Waals surface area contributed by atoms with Gasteiger partial charge in [0.15, 0.2) is 0 Å². The van der Waals surface area contributed by atoms with Crippen molar-refractivity contribution >= 4 is 22.4 Å². The van der Waals surface area contributed by atoms with E-state index in [0.29, 0.717) is 12.5 Å². The highest BCUT2D eigenvalue weighted by Gasteiger charge is 2.33. The maximum atomic E-state index is 5.82. The van der Waals surface area contributed by atoms with Gasteiger partial charge in [0, 0.05) is 34.0 Å². The van der Waals surface area contributed by atoms with Crippen LogP contribution in [-0.2, 0) is 34.4 Å². The maximum absolute atomic E-state index is 5.82. The number of ether oxygens (including phenoxy) is 1. The number of rotatable bonds is 6. The van der Waals surface area contributed by atoms with Crippen molar-refractivity contribution in [2.45, 2.75) is 67.4 Å². The lowest BCUT2D eigenvalue weighted by molar-refractivity contribution is 0.299. The van der Waals surface area contributed by atoms with Gasteiger partial charge in [-0.3, -0.25) is 9.97 Å². The van der Waals surface area contributed by atoms with Crippen molar-refractivity contribution in [1.82, 2.24) is 9.97 Å². The summed E-state index contributed by atoms with van der Waals surface area (Å²) in [5, 5.41) is 0. The lowest BCUT2D eigenvalue weighted by atomic mass is 9.70. The summed E-state index contributed by atoms with van der Waals surface area (Å²) >= 11 is 7.33. The molecular formula is C27H38N2OS2. The Kier molecular flexibility index (Phi) is 15.3. The van der Waals surface area contributed by atoms with Crippen LogP contribution in [0.25, 0.3) is 0 Å². The second kappa shape index (κ2) is 16.4. The highest BCUT2D eigenvalue weighted by Crippen LogP contribution is 2.38. The standard InChI is InChI=1S/C23H26N2O.2C2H6.S2/c1-17(2)23(4,19-10-8-18(3)9-11-19)22-13-12-21(15-25-22)26-16-20-7-5-6-14-24-20;3*1-2/h5-15,17H,16H2,1-4H3;2*1-2H3;. The Morgan fingerprint density at radius 2 is 1.50 bits per heavy atom. The topological polar surface area (TPSA) is 35.0 Å². The summed E-state index contributed by atoms with van der Waals surface area (Å²) in [4.78, 5) is 9.01. The Morgan fingerprint density at radius 3 is 1.97 bits per heavy atom. The van der Waals surface area contributed by atoms with Crippen LogP contribution in [0.4, 0.5) is 0 Å². The molecule has 1 atom stereocenters. The molecule has 3 nitrogen and oxygen atoms in total. The van der Waals surface area contributed by atoms with Crippen LogP contribution in [0, 0.1) is 12.8 Å². The third-order valence-electron chi connectivity index (χ3n) is 5.19. The Bertz CT molecular complexity index is 853. The molecule has 0 bridgehead atoms. The zero-order valence-electron chi connectivity index (χ0n) is 20.8. The van der Waals surface area contributed by atoms with Gasteiger partial charge in [0.05, 0.1) is 17.6 Å². The van der Waals surface area contributed by atoms with Crippen LogP contribution in [0.3, 0.4) is 0 Å². The van der Waals surface area contributed by atoms with E-state index in [0.717, 1.165) is 17.1 Å². The summed E-state index contributed by atoms with van der Waals surface area (Å²) < 4.78 is 5.82. The highest BCUT2D eigenvalue weighted by atomic mass is 32.8. The molecule has 2 aromatic heterocycles. The summed E-state index contributed by atoms with van der Waals surface area (Å²) in [7, 11) is 0. The molecule has 0 aliphatic carbocycles. The lowest BCUT2D eigenvalue weighted by Gasteiger charge is -2.34. The maximum Gasteiger partial charge on any atom is 0.138 e. The number of benzene rings is 1. The van der Waals surface area contributed by atoms with Gasteiger partial charge < -0.3 is 4.74 Å². The van der Waals surface area contributed by atoms with Crippen LogP contribution < -0.4 is 4.74 Å². The minimum atomic E-state index is -0.146. The average Bonchev–Trinajstić information content (AvgIpc) is 2.87. The zero-order valence-corrected chi connectivity index (χ0v) is 22.4. The molecule has 0 fully saturated rings. The molecule has 0 N–H and O–H groups in total. The molecule has 1 unspecified atom stereocenters. The van der Waals surface area contributed by atoms with Gasteiger partial charge in [0.2, 0.25) is 0 Å². The summed E-state index contributed by atoms with van der Waals surface area (Å²) in [6.45, 7) is 17.3. The predicted octanol–water partition coefficient (Wildman–Crippen LogP) is 7.37. The highest BCUT2D eigenvalue weighted by molar-refractivity contribution is 8.07. The Balaban J connectivity index is 0.00000148. The van der Waals surface area contributed by atoms with Crippen LogP contribution in [0.5, 0.6) is 5.75 Å². The largest absolute Gasteiger partial charge is 0.486 e. The van der Waals surface area contributed by atoms with Crippen LogP contribution in [-0.4, -0.2) is 9.97 Å². The normalized spacial score (nSPS) is 11.4. The molecule has 0 spiro atoms. The minimum Gasteiger partial charge on any atom is -0.486 e. The van der Waals surface area contributed by atoms with Crippen LogP contribution in [0.1, 0.15) is 71.0 Å². The molecule has 1 aromatic carbocycles. The Morgan fingerprint density at radius 1 is 0.875 bits per heavy atom. The number of hydrogen-bond donors (Lipinski definition) is 0. The molecule has 5 heteroatoms. The van der Waals surface area contributed by atoms with Gasteiger partial charge in [-0.25, -0.2) is 0 Å². The quantitative estimate of drug-likeness (QED) is 0.376. The molecule has 0 aliphatic heterocycles. The first kappa shape index (κ1) is 29.8. The number of aryl methyl sites for hydroxylation is 1. The Labute approximate surface area is 205 Å². The molecule has 32 heavy (non-hydrogen) atoms. The monoisotopic (exact) mass is 470 g/mol. The molecule has 0 amide bonds. The Hall–Kier alpha value is -2.24. The van der Waals surface area contributed by atoms with Gasteiger partial charge in [-0.2, -0.15) is 0 Å². The van der Waals surface area contributed by atoms with Gasteiger partial charge in [0.25, 0.3) is 0 Å². The molecular weight excluding hydrogens is 432 g/mol. The molecule has 0 aliphatic rings. The number of aromatic nitrogens is 2. The van der Waals surface area contributed by atoms with Gasteiger partial charge in [-0.15, -0.1) is 0 Å². The van der Waals surface area contributed by atoms with Crippen molar-refractivity contribution in [1.29, 1.82) is 0 Å². The molecule has 3 rings (SSSR count). The van der Waals surface area contributed by atoms with Crippen molar-refractivity contribution in [3.8, 4) is 5.75 Å². The van der Waals surface area contributed by atoms with Gasteiger partial charge in [-0.05, 0) is 49.6 Å². The van der Waals surface area contributed by atoms with Crippen LogP contribution >= 0.6 is 0 Å². The molecule has 0 radical (unpaired) electrons. The smallest absolute Gasteiger partial charge is 0.138 e. The second-order valence-electron chi connectivity index (χ2n) is 7.21. The first-order chi connectivity index (χ1) is 15.5. The first-order valence-electron chi connectivity index (χ1n) is 11.2. The van der Waals surface area contributed by atoms with E-state index in [1.807, 2.05) is 58.2 Å². The van der Waals surface area contributed by atoms with Crippen LogP contribution in [0.15, 0.2) is 67.0 Å². The van der Waals surface area contributed by atoms with E-state index in [4.69, 9.17) is 9.72 Å². The number of pyridine rings is 2. The molecule has 3 aromatic rings. The van der Waals surface area contributed by atoms with E-state index in [9.17, 15) is 0 Å². The number of hydrogen-bond acceptors (Lipinski definition) is 5. The minimum absolute atomic E-state index is 0.146. The second-order valence-corrected chi connectivity index (χ2v) is 7.21. The van der Waals surface area contributed by atoms with E-state index in [1.54, 1.807) is 6.20 Å². The van der Waals surface area contributed by atoms with E-state index in [2.05, 4.69) is 85.4 Å². The molecule has 174 valence electrons. The summed E-state index contributed by atoms with van der Waals surface area (Å²) in [5.74, 6) is 1.17. The molecule has 2 heterocycles. The van der Waals surface area contributed by atoms with Crippen molar-refractivity contribution in [3.63, 3.8) is 0 Å². The summed E-state index contributed by atoms with van der Waals surface area (Å²) in [6.07, 6.45) is 3.59. The third kappa shape index (κ3) is 8.36. The van der Waals surface area contributed by atoms with Gasteiger partial charge in [-0.1, -0.05) is 77.4 Å². The van der Waals surface area contributed by atoms with Crippen molar-refractivity contribution in [2.75, 3.05) is 0 Å². The first-order valence-corrected chi connectivity index (χ1v) is 12.6. The predicted molar refractivity (Wildman–Crippen MR) is 143 cm³/mol. The fourth-order valence-electron chi connectivity index (χ4n) is 3.09. The fourth-order valence-corrected chi connectivity index (χ4v) is 3.09. The molecule has 0 saturated heterocycles. The van der Waals surface area contributed by atoms with Crippen LogP contribution in [0.2, 0.25) is 0 Å². The van der Waals surface area contributed by atoms with Gasteiger partial charge in [0.1, 0.15) is 12.4 Å². The zero-order chi connectivity index (χ0) is 24.6. The van der Waals surface area contributed by atoms with E-state index >= 15 is 0 Å². The lowest BCUT2D eigenvalue weighted by Crippen LogP contribution is -2.31. The van der Waals surface area contributed by atoms with E-state index in [1.165, 1.54) is 11.1 Å². The number of nitrogens with zero attached hydrogens (tertiary/aromatic N) is 2. The summed E-state index contributed by atoms with van der Waals surface area (Å²) in [6, 6.07) is 18.6. The van der Waals surface area contributed by atoms with E-state index < -0.39 is 0 Å². The van der Waals surface area contributed by atoms with E-state index in [-0.39, 0.29) is 5.41 Å². The third-order valence-corrected chi connectivity index (χ3v) is 5.19. The van der Waals surface area contributed by atoms with Crippen molar-refractivity contribution in [2.24, 2.45) is 5.92 Å². The summed E-state index contributed by atoms with van der Waals surface area (Å²) in [5.41, 5.74) is 4.37. The van der Waals surface area contributed by atoms with Crippen molar-refractivity contribution < 1.29 is 4.74 Å². The average molecular weight is 471 g/mol. The SMILES string of the molecule is CC.CC.Cc1ccc(C(C)(c2ccc(OCc3ccccn3)cn2)C(C)C)cc1.S=S. The van der Waals surface area contributed by atoms with Crippen molar-refractivity contribution in [3.05, 3.63) is 89.5 Å².